The SMILES string of the molecule is CC1=NN(c2cc(F)c(F)cc2F)C(=O)/C1=C/c1c(C)n(Cc2ccc(Cl)c(Cl)c2)c2ccc(C)cc12. The Balaban J connectivity index is 1.61. The fraction of sp³-hybridized carbons (Fsp3) is 0.143. The lowest BCUT2D eigenvalue weighted by atomic mass is 10.0. The maximum Gasteiger partial charge on any atom is 0.280 e. The summed E-state index contributed by atoms with van der Waals surface area (Å²) >= 11 is 12.3. The van der Waals surface area contributed by atoms with Gasteiger partial charge in [-0.2, -0.15) is 10.1 Å². The van der Waals surface area contributed by atoms with Gasteiger partial charge in [0.25, 0.3) is 5.91 Å². The van der Waals surface area contributed by atoms with Gasteiger partial charge in [-0.1, -0.05) is 40.9 Å². The largest absolute Gasteiger partial charge is 0.340 e. The first kappa shape index (κ1) is 25.1. The van der Waals surface area contributed by atoms with Crippen molar-refractivity contribution in [3.63, 3.8) is 0 Å². The lowest BCUT2D eigenvalue weighted by Crippen LogP contribution is -2.22. The molecule has 37 heavy (non-hydrogen) atoms. The van der Waals surface area contributed by atoms with E-state index in [1.807, 2.05) is 44.2 Å². The summed E-state index contributed by atoms with van der Waals surface area (Å²) in [6.07, 6.45) is 1.71. The number of nitrogens with zero attached hydrogens (tertiary/aromatic N) is 3. The van der Waals surface area contributed by atoms with Crippen LogP contribution in [0.15, 0.2) is 59.2 Å². The van der Waals surface area contributed by atoms with Gasteiger partial charge >= 0.3 is 0 Å². The fourth-order valence-corrected chi connectivity index (χ4v) is 4.82. The van der Waals surface area contributed by atoms with Crippen LogP contribution in [0, 0.1) is 31.3 Å². The molecule has 1 aliphatic rings. The number of hydrogen-bond donors (Lipinski definition) is 0. The first-order valence-corrected chi connectivity index (χ1v) is 12.1. The number of amides is 1. The number of benzene rings is 3. The van der Waals surface area contributed by atoms with E-state index in [4.69, 9.17) is 23.2 Å². The van der Waals surface area contributed by atoms with Gasteiger partial charge in [-0.3, -0.25) is 4.79 Å². The topological polar surface area (TPSA) is 37.6 Å². The van der Waals surface area contributed by atoms with Gasteiger partial charge < -0.3 is 4.57 Å². The van der Waals surface area contributed by atoms with Crippen molar-refractivity contribution in [3.05, 3.63) is 104 Å². The molecule has 1 amide bonds. The predicted octanol–water partition coefficient (Wildman–Crippen LogP) is 7.84. The zero-order chi connectivity index (χ0) is 26.6. The molecule has 9 heteroatoms. The minimum atomic E-state index is -1.34. The molecule has 3 aromatic carbocycles. The highest BCUT2D eigenvalue weighted by Gasteiger charge is 2.32. The van der Waals surface area contributed by atoms with Crippen molar-refractivity contribution >= 4 is 57.5 Å². The number of anilines is 1. The van der Waals surface area contributed by atoms with Crippen molar-refractivity contribution in [2.75, 3.05) is 5.01 Å². The number of rotatable bonds is 4. The highest BCUT2D eigenvalue weighted by atomic mass is 35.5. The van der Waals surface area contributed by atoms with Crippen LogP contribution in [0.5, 0.6) is 0 Å². The number of aryl methyl sites for hydroxylation is 1. The average molecular weight is 542 g/mol. The Morgan fingerprint density at radius 1 is 0.892 bits per heavy atom. The van der Waals surface area contributed by atoms with Gasteiger partial charge in [0, 0.05) is 40.8 Å². The van der Waals surface area contributed by atoms with Gasteiger partial charge in [0.15, 0.2) is 17.5 Å². The van der Waals surface area contributed by atoms with E-state index in [1.54, 1.807) is 19.1 Å². The Morgan fingerprint density at radius 2 is 1.62 bits per heavy atom. The summed E-state index contributed by atoms with van der Waals surface area (Å²) in [6.45, 7) is 6.04. The normalized spacial score (nSPS) is 14.8. The highest BCUT2D eigenvalue weighted by molar-refractivity contribution is 6.42. The molecule has 1 aromatic heterocycles. The standard InChI is InChI=1S/C28H20Cl2F3N3O/c1-14-4-7-26-20(8-14)19(16(3)35(26)13-17-5-6-21(29)22(30)9-17)10-18-15(2)34-36(28(18)37)27-12-24(32)23(31)11-25(27)33/h4-12H,13H2,1-3H3/b18-10+. The van der Waals surface area contributed by atoms with Gasteiger partial charge in [0.1, 0.15) is 5.69 Å². The molecular weight excluding hydrogens is 522 g/mol. The van der Waals surface area contributed by atoms with Gasteiger partial charge in [-0.15, -0.1) is 0 Å². The van der Waals surface area contributed by atoms with Gasteiger partial charge in [-0.25, -0.2) is 13.2 Å². The molecule has 0 saturated heterocycles. The zero-order valence-electron chi connectivity index (χ0n) is 20.0. The molecule has 0 spiro atoms. The summed E-state index contributed by atoms with van der Waals surface area (Å²) in [5.41, 5.74) is 4.71. The van der Waals surface area contributed by atoms with Crippen LogP contribution in [-0.4, -0.2) is 16.2 Å². The number of aromatic nitrogens is 1. The molecule has 4 aromatic rings. The molecular formula is C28H20Cl2F3N3O. The molecule has 4 nitrogen and oxygen atoms in total. The first-order chi connectivity index (χ1) is 17.5. The average Bonchev–Trinajstić information content (AvgIpc) is 3.26. The molecule has 0 aliphatic carbocycles. The molecule has 1 aliphatic heterocycles. The van der Waals surface area contributed by atoms with E-state index in [2.05, 4.69) is 9.67 Å². The monoisotopic (exact) mass is 541 g/mol. The molecule has 0 radical (unpaired) electrons. The minimum Gasteiger partial charge on any atom is -0.340 e. The quantitative estimate of drug-likeness (QED) is 0.191. The smallest absolute Gasteiger partial charge is 0.280 e. The molecule has 0 unspecified atom stereocenters. The molecule has 188 valence electrons. The van der Waals surface area contributed by atoms with E-state index in [0.29, 0.717) is 34.4 Å². The van der Waals surface area contributed by atoms with Crippen LogP contribution >= 0.6 is 23.2 Å². The van der Waals surface area contributed by atoms with Crippen molar-refractivity contribution in [2.45, 2.75) is 27.3 Å². The Morgan fingerprint density at radius 3 is 2.35 bits per heavy atom. The van der Waals surface area contributed by atoms with Crippen LogP contribution < -0.4 is 5.01 Å². The van der Waals surface area contributed by atoms with Crippen molar-refractivity contribution in [1.29, 1.82) is 0 Å². The van der Waals surface area contributed by atoms with Crippen LogP contribution in [0.4, 0.5) is 18.9 Å². The van der Waals surface area contributed by atoms with Crippen LogP contribution in [-0.2, 0) is 11.3 Å². The fourth-order valence-electron chi connectivity index (χ4n) is 4.49. The Kier molecular flexibility index (Phi) is 6.38. The van der Waals surface area contributed by atoms with Crippen LogP contribution in [0.1, 0.15) is 29.3 Å². The number of fused-ring (bicyclic) bond motifs is 1. The molecule has 0 atom stereocenters. The zero-order valence-corrected chi connectivity index (χ0v) is 21.6. The third-order valence-corrected chi connectivity index (χ3v) is 7.16. The predicted molar refractivity (Wildman–Crippen MR) is 142 cm³/mol. The number of hydrazone groups is 1. The second kappa shape index (κ2) is 9.39. The van der Waals surface area contributed by atoms with Crippen LogP contribution in [0.3, 0.4) is 0 Å². The lowest BCUT2D eigenvalue weighted by molar-refractivity contribution is -0.114. The molecule has 5 rings (SSSR count). The summed E-state index contributed by atoms with van der Waals surface area (Å²) in [7, 11) is 0. The van der Waals surface area contributed by atoms with Crippen molar-refractivity contribution in [2.24, 2.45) is 5.10 Å². The summed E-state index contributed by atoms with van der Waals surface area (Å²) in [5.74, 6) is -4.34. The summed E-state index contributed by atoms with van der Waals surface area (Å²) in [4.78, 5) is 13.3. The van der Waals surface area contributed by atoms with Crippen LogP contribution in [0.25, 0.3) is 17.0 Å². The van der Waals surface area contributed by atoms with E-state index in [0.717, 1.165) is 38.3 Å². The van der Waals surface area contributed by atoms with E-state index in [9.17, 15) is 18.0 Å². The van der Waals surface area contributed by atoms with Crippen molar-refractivity contribution < 1.29 is 18.0 Å². The molecule has 0 bridgehead atoms. The van der Waals surface area contributed by atoms with Gasteiger partial charge in [-0.05, 0) is 56.7 Å². The number of carbonyl (C=O) groups excluding carboxylic acids is 1. The maximum atomic E-state index is 14.4. The maximum absolute atomic E-state index is 14.4. The minimum absolute atomic E-state index is 0.224. The number of halogens is 5. The van der Waals surface area contributed by atoms with Crippen molar-refractivity contribution in [3.8, 4) is 0 Å². The summed E-state index contributed by atoms with van der Waals surface area (Å²) in [6, 6.07) is 12.5. The van der Waals surface area contributed by atoms with Crippen LogP contribution in [0.2, 0.25) is 10.0 Å². The third-order valence-electron chi connectivity index (χ3n) is 6.42. The first-order valence-electron chi connectivity index (χ1n) is 11.3. The molecule has 0 saturated carbocycles. The van der Waals surface area contributed by atoms with E-state index < -0.39 is 29.0 Å². The van der Waals surface area contributed by atoms with E-state index >= 15 is 0 Å². The second-order valence-corrected chi connectivity index (χ2v) is 9.75. The number of carbonyl (C=O) groups is 1. The van der Waals surface area contributed by atoms with Crippen molar-refractivity contribution in [1.82, 2.24) is 4.57 Å². The molecule has 0 fully saturated rings. The Hall–Kier alpha value is -3.55. The summed E-state index contributed by atoms with van der Waals surface area (Å²) in [5, 5.41) is 6.74. The Labute approximate surface area is 221 Å². The third kappa shape index (κ3) is 4.43. The van der Waals surface area contributed by atoms with E-state index in [1.165, 1.54) is 0 Å². The molecule has 0 N–H and O–H groups in total. The highest BCUT2D eigenvalue weighted by Crippen LogP contribution is 2.34. The number of hydrogen-bond acceptors (Lipinski definition) is 2. The van der Waals surface area contributed by atoms with Gasteiger partial charge in [0.2, 0.25) is 0 Å². The second-order valence-electron chi connectivity index (χ2n) is 8.93. The summed E-state index contributed by atoms with van der Waals surface area (Å²) < 4.78 is 43.8. The van der Waals surface area contributed by atoms with E-state index in [-0.39, 0.29) is 5.57 Å². The lowest BCUT2D eigenvalue weighted by Gasteiger charge is -2.13. The molecule has 2 heterocycles. The Bertz CT molecular complexity index is 1670. The van der Waals surface area contributed by atoms with Gasteiger partial charge in [0.05, 0.1) is 21.3 Å².